The second kappa shape index (κ2) is 4.71. The standard InChI is InChI=1S/C20H15N/c1-14-11-16-5-2-3-7-18(16)19-9-8-15(12-20(14)19)17-6-4-10-21-13-17/h2-13H,1H3. The van der Waals surface area contributed by atoms with Crippen LogP contribution in [-0.2, 0) is 0 Å². The first-order chi connectivity index (χ1) is 10.3. The van der Waals surface area contributed by atoms with E-state index in [9.17, 15) is 0 Å². The van der Waals surface area contributed by atoms with Gasteiger partial charge in [0.15, 0.2) is 0 Å². The minimum atomic E-state index is 1.16. The largest absolute Gasteiger partial charge is 0.264 e. The third-order valence-corrected chi connectivity index (χ3v) is 4.06. The third-order valence-electron chi connectivity index (χ3n) is 4.06. The Morgan fingerprint density at radius 3 is 2.48 bits per heavy atom. The van der Waals surface area contributed by atoms with Gasteiger partial charge in [-0.1, -0.05) is 48.5 Å². The molecule has 100 valence electrons. The first-order valence-electron chi connectivity index (χ1n) is 7.15. The maximum atomic E-state index is 4.21. The predicted octanol–water partition coefficient (Wildman–Crippen LogP) is 5.36. The van der Waals surface area contributed by atoms with E-state index >= 15 is 0 Å². The number of rotatable bonds is 1. The molecule has 1 aromatic heterocycles. The maximum Gasteiger partial charge on any atom is 0.0346 e. The van der Waals surface area contributed by atoms with Crippen LogP contribution in [0.1, 0.15) is 5.56 Å². The summed E-state index contributed by atoms with van der Waals surface area (Å²) in [6.45, 7) is 2.18. The molecule has 0 spiro atoms. The van der Waals surface area contributed by atoms with E-state index in [2.05, 4.69) is 66.5 Å². The van der Waals surface area contributed by atoms with Gasteiger partial charge in [0.05, 0.1) is 0 Å². The average molecular weight is 269 g/mol. The van der Waals surface area contributed by atoms with Crippen molar-refractivity contribution in [1.29, 1.82) is 0 Å². The molecule has 1 heterocycles. The number of pyridine rings is 1. The van der Waals surface area contributed by atoms with Gasteiger partial charge in [-0.2, -0.15) is 0 Å². The van der Waals surface area contributed by atoms with Crippen molar-refractivity contribution in [3.63, 3.8) is 0 Å². The van der Waals surface area contributed by atoms with Crippen molar-refractivity contribution >= 4 is 21.5 Å². The Morgan fingerprint density at radius 1 is 0.714 bits per heavy atom. The van der Waals surface area contributed by atoms with Crippen molar-refractivity contribution in [3.8, 4) is 11.1 Å². The summed E-state index contributed by atoms with van der Waals surface area (Å²) in [6, 6.07) is 21.6. The lowest BCUT2D eigenvalue weighted by atomic mass is 9.95. The fourth-order valence-corrected chi connectivity index (χ4v) is 3.00. The van der Waals surface area contributed by atoms with E-state index < -0.39 is 0 Å². The minimum absolute atomic E-state index is 1.16. The fourth-order valence-electron chi connectivity index (χ4n) is 3.00. The van der Waals surface area contributed by atoms with Gasteiger partial charge in [0, 0.05) is 18.0 Å². The van der Waals surface area contributed by atoms with Gasteiger partial charge in [-0.25, -0.2) is 0 Å². The van der Waals surface area contributed by atoms with Crippen LogP contribution in [-0.4, -0.2) is 4.98 Å². The van der Waals surface area contributed by atoms with Crippen LogP contribution in [0.2, 0.25) is 0 Å². The first-order valence-corrected chi connectivity index (χ1v) is 7.15. The summed E-state index contributed by atoms with van der Waals surface area (Å²) in [5.41, 5.74) is 3.69. The summed E-state index contributed by atoms with van der Waals surface area (Å²) in [6.07, 6.45) is 3.72. The molecule has 0 radical (unpaired) electrons. The summed E-state index contributed by atoms with van der Waals surface area (Å²) in [5.74, 6) is 0. The molecule has 0 atom stereocenters. The highest BCUT2D eigenvalue weighted by Gasteiger charge is 2.06. The Morgan fingerprint density at radius 2 is 1.62 bits per heavy atom. The number of hydrogen-bond donors (Lipinski definition) is 0. The summed E-state index contributed by atoms with van der Waals surface area (Å²) in [5, 5.41) is 5.25. The monoisotopic (exact) mass is 269 g/mol. The van der Waals surface area contributed by atoms with Gasteiger partial charge >= 0.3 is 0 Å². The number of benzene rings is 3. The van der Waals surface area contributed by atoms with Crippen LogP contribution in [0.5, 0.6) is 0 Å². The Labute approximate surface area is 123 Å². The summed E-state index contributed by atoms with van der Waals surface area (Å²) in [4.78, 5) is 4.21. The highest BCUT2D eigenvalue weighted by atomic mass is 14.6. The zero-order chi connectivity index (χ0) is 14.2. The van der Waals surface area contributed by atoms with Gasteiger partial charge in [-0.05, 0) is 51.7 Å². The third kappa shape index (κ3) is 1.98. The second-order valence-electron chi connectivity index (χ2n) is 5.42. The molecule has 3 aromatic carbocycles. The number of fused-ring (bicyclic) bond motifs is 3. The first kappa shape index (κ1) is 12.1. The van der Waals surface area contributed by atoms with Gasteiger partial charge in [-0.15, -0.1) is 0 Å². The van der Waals surface area contributed by atoms with Crippen LogP contribution in [0.4, 0.5) is 0 Å². The molecule has 4 rings (SSSR count). The van der Waals surface area contributed by atoms with E-state index in [-0.39, 0.29) is 0 Å². The highest BCUT2D eigenvalue weighted by molar-refractivity contribution is 6.09. The fraction of sp³-hybridized carbons (Fsp3) is 0.0500. The molecular formula is C20H15N. The Balaban J connectivity index is 2.05. The van der Waals surface area contributed by atoms with Gasteiger partial charge < -0.3 is 0 Å². The van der Waals surface area contributed by atoms with Crippen LogP contribution in [0.15, 0.2) is 73.1 Å². The van der Waals surface area contributed by atoms with Crippen LogP contribution in [0.25, 0.3) is 32.7 Å². The lowest BCUT2D eigenvalue weighted by Gasteiger charge is -2.10. The van der Waals surface area contributed by atoms with Gasteiger partial charge in [0.2, 0.25) is 0 Å². The molecule has 0 N–H and O–H groups in total. The zero-order valence-corrected chi connectivity index (χ0v) is 11.9. The van der Waals surface area contributed by atoms with E-state index in [1.54, 1.807) is 0 Å². The Bertz CT molecular complexity index is 940. The van der Waals surface area contributed by atoms with E-state index in [1.165, 1.54) is 32.7 Å². The summed E-state index contributed by atoms with van der Waals surface area (Å²) < 4.78 is 0. The zero-order valence-electron chi connectivity index (χ0n) is 11.9. The van der Waals surface area contributed by atoms with E-state index in [0.717, 1.165) is 5.56 Å². The molecule has 0 bridgehead atoms. The topological polar surface area (TPSA) is 12.9 Å². The lowest BCUT2D eigenvalue weighted by Crippen LogP contribution is -1.85. The molecule has 0 amide bonds. The molecule has 0 unspecified atom stereocenters. The van der Waals surface area contributed by atoms with Gasteiger partial charge in [0.1, 0.15) is 0 Å². The Hall–Kier alpha value is -2.67. The summed E-state index contributed by atoms with van der Waals surface area (Å²) in [7, 11) is 0. The van der Waals surface area contributed by atoms with E-state index in [1.807, 2.05) is 18.5 Å². The highest BCUT2D eigenvalue weighted by Crippen LogP contribution is 2.31. The normalized spacial score (nSPS) is 11.1. The van der Waals surface area contributed by atoms with Crippen LogP contribution < -0.4 is 0 Å². The predicted molar refractivity (Wildman–Crippen MR) is 89.4 cm³/mol. The van der Waals surface area contributed by atoms with Gasteiger partial charge in [0.25, 0.3) is 0 Å². The smallest absolute Gasteiger partial charge is 0.0346 e. The van der Waals surface area contributed by atoms with Crippen LogP contribution >= 0.6 is 0 Å². The van der Waals surface area contributed by atoms with Crippen molar-refractivity contribution in [2.45, 2.75) is 6.92 Å². The molecule has 0 saturated heterocycles. The number of hydrogen-bond acceptors (Lipinski definition) is 1. The van der Waals surface area contributed by atoms with Crippen molar-refractivity contribution in [2.24, 2.45) is 0 Å². The van der Waals surface area contributed by atoms with E-state index in [0.29, 0.717) is 0 Å². The molecule has 1 heteroatoms. The quantitative estimate of drug-likeness (QED) is 0.424. The molecular weight excluding hydrogens is 254 g/mol. The van der Waals surface area contributed by atoms with Crippen molar-refractivity contribution in [2.75, 3.05) is 0 Å². The number of aryl methyl sites for hydroxylation is 1. The van der Waals surface area contributed by atoms with Crippen LogP contribution in [0.3, 0.4) is 0 Å². The SMILES string of the molecule is Cc1cc2ccccc2c2ccc(-c3cccnc3)cc12. The maximum absolute atomic E-state index is 4.21. The molecule has 0 saturated carbocycles. The lowest BCUT2D eigenvalue weighted by molar-refractivity contribution is 1.33. The minimum Gasteiger partial charge on any atom is -0.264 e. The Kier molecular flexibility index (Phi) is 2.71. The molecule has 1 nitrogen and oxygen atoms in total. The molecule has 0 fully saturated rings. The van der Waals surface area contributed by atoms with Crippen molar-refractivity contribution in [1.82, 2.24) is 4.98 Å². The van der Waals surface area contributed by atoms with E-state index in [4.69, 9.17) is 0 Å². The number of nitrogens with zero attached hydrogens (tertiary/aromatic N) is 1. The average Bonchev–Trinajstić information content (AvgIpc) is 2.55. The molecule has 4 aromatic rings. The number of aromatic nitrogens is 1. The van der Waals surface area contributed by atoms with Crippen LogP contribution in [0, 0.1) is 6.92 Å². The molecule has 21 heavy (non-hydrogen) atoms. The van der Waals surface area contributed by atoms with Crippen molar-refractivity contribution < 1.29 is 0 Å². The molecule has 0 aliphatic carbocycles. The van der Waals surface area contributed by atoms with Gasteiger partial charge in [-0.3, -0.25) is 4.98 Å². The molecule has 0 aliphatic rings. The second-order valence-corrected chi connectivity index (χ2v) is 5.42. The van der Waals surface area contributed by atoms with Crippen molar-refractivity contribution in [3.05, 3.63) is 78.6 Å². The summed E-state index contributed by atoms with van der Waals surface area (Å²) >= 11 is 0. The molecule has 0 aliphatic heterocycles.